The third kappa shape index (κ3) is 13.1. The number of alkyl halides is 3. The molecule has 0 spiro atoms. The van der Waals surface area contributed by atoms with Gasteiger partial charge in [0.2, 0.25) is 0 Å². The van der Waals surface area contributed by atoms with Crippen LogP contribution in [-0.4, -0.2) is 80.3 Å². The first-order chi connectivity index (χ1) is 30.1. The average Bonchev–Trinajstić information content (AvgIpc) is 3.69. The molecule has 1 aromatic heterocycles. The summed E-state index contributed by atoms with van der Waals surface area (Å²) in [5.74, 6) is -4.59. The van der Waals surface area contributed by atoms with Crippen LogP contribution < -0.4 is 4.74 Å². The lowest BCUT2D eigenvalue weighted by atomic mass is 9.78. The summed E-state index contributed by atoms with van der Waals surface area (Å²) >= 11 is 0.671. The van der Waals surface area contributed by atoms with Crippen LogP contribution in [0.5, 0.6) is 5.75 Å². The fraction of sp³-hybridized carbons (Fsp3) is 0.458. The van der Waals surface area contributed by atoms with Crippen molar-refractivity contribution >= 4 is 35.2 Å². The molecule has 2 aliphatic heterocycles. The fourth-order valence-corrected chi connectivity index (χ4v) is 8.95. The maximum absolute atomic E-state index is 13.6. The van der Waals surface area contributed by atoms with E-state index in [1.807, 2.05) is 21.9 Å². The van der Waals surface area contributed by atoms with Gasteiger partial charge in [-0.15, -0.1) is 11.3 Å². The molecule has 340 valence electrons. The lowest BCUT2D eigenvalue weighted by Crippen LogP contribution is -2.63. The van der Waals surface area contributed by atoms with Crippen molar-refractivity contribution in [2.45, 2.75) is 103 Å². The number of ether oxygens (including phenoxy) is 1. The molecule has 11 nitrogen and oxygen atoms in total. The monoisotopic (exact) mass is 894 g/mol. The number of halogens is 3. The number of hydrogen-bond donors (Lipinski definition) is 4. The van der Waals surface area contributed by atoms with Gasteiger partial charge in [-0.05, 0) is 66.1 Å². The third-order valence-electron chi connectivity index (χ3n) is 11.9. The van der Waals surface area contributed by atoms with Crippen molar-refractivity contribution in [1.29, 1.82) is 0 Å². The molecule has 0 atom stereocenters. The number of aliphatic carboxylic acids is 4. The smallest absolute Gasteiger partial charge is 0.426 e. The molecule has 2 saturated heterocycles. The Hall–Kier alpha value is -5.25. The van der Waals surface area contributed by atoms with Crippen molar-refractivity contribution in [1.82, 2.24) is 9.80 Å². The number of rotatable bonds is 21. The van der Waals surface area contributed by atoms with Crippen LogP contribution in [0.15, 0.2) is 84.9 Å². The Labute approximate surface area is 370 Å². The number of hydrogen-bond acceptors (Lipinski definition) is 8. The van der Waals surface area contributed by atoms with Gasteiger partial charge < -0.3 is 25.2 Å². The van der Waals surface area contributed by atoms with Crippen LogP contribution in [0.4, 0.5) is 13.2 Å². The van der Waals surface area contributed by atoms with Crippen molar-refractivity contribution in [2.75, 3.05) is 26.2 Å². The van der Waals surface area contributed by atoms with Crippen molar-refractivity contribution in [2.24, 2.45) is 10.8 Å². The van der Waals surface area contributed by atoms with E-state index in [0.717, 1.165) is 17.5 Å². The summed E-state index contributed by atoms with van der Waals surface area (Å²) in [4.78, 5) is 49.0. The number of likely N-dealkylation sites (tertiary alicyclic amines) is 2. The van der Waals surface area contributed by atoms with Crippen LogP contribution >= 0.6 is 11.3 Å². The van der Waals surface area contributed by atoms with E-state index in [9.17, 15) is 42.6 Å². The summed E-state index contributed by atoms with van der Waals surface area (Å²) in [6, 6.07) is 25.5. The highest BCUT2D eigenvalue weighted by molar-refractivity contribution is 7.12. The zero-order valence-corrected chi connectivity index (χ0v) is 36.4. The second kappa shape index (κ2) is 22.4. The molecule has 3 heterocycles. The normalized spacial score (nSPS) is 16.0. The number of carboxylic acid groups (broad SMARTS) is 4. The predicted molar refractivity (Wildman–Crippen MR) is 233 cm³/mol. The largest absolute Gasteiger partial charge is 0.488 e. The highest BCUT2D eigenvalue weighted by atomic mass is 32.1. The maximum atomic E-state index is 13.6. The summed E-state index contributed by atoms with van der Waals surface area (Å²) < 4.78 is 46.5. The molecular weight excluding hydrogens is 838 g/mol. The van der Waals surface area contributed by atoms with Crippen LogP contribution in [0.25, 0.3) is 11.1 Å². The van der Waals surface area contributed by atoms with E-state index in [-0.39, 0.29) is 38.1 Å². The number of benzene rings is 3. The van der Waals surface area contributed by atoms with Crippen molar-refractivity contribution in [3.8, 4) is 16.9 Å². The van der Waals surface area contributed by atoms with E-state index in [4.69, 9.17) is 14.9 Å². The first kappa shape index (κ1) is 48.8. The summed E-state index contributed by atoms with van der Waals surface area (Å²) in [5.41, 5.74) is 0.635. The van der Waals surface area contributed by atoms with E-state index >= 15 is 0 Å². The standard InChI is InChI=1S/C26H24F3NO5S.C22H33NO4/c27-26(28,29)22-21(18-4-2-1-3-5-18)14-20(36-22)16-35-19-8-6-17(7-9-19)15-30-12-10-25(11-13-30,23(31)32)24(33)34;1-2-3-4-5-6-7-8-9-10-18-11-13-19(14-12-18)15-23-16-22(17-23,20(24)25)21(26)27/h1-9,14H,10-13,15-16H2,(H,31,32)(H,33,34);11-14H,2-10,15-17H2,1H3,(H,24,25)(H,26,27). The second-order valence-corrected chi connectivity index (χ2v) is 17.7. The van der Waals surface area contributed by atoms with E-state index in [1.54, 1.807) is 42.5 Å². The van der Waals surface area contributed by atoms with Gasteiger partial charge in [0.1, 0.15) is 17.2 Å². The Bertz CT molecular complexity index is 2080. The Morgan fingerprint density at radius 1 is 0.651 bits per heavy atom. The Kier molecular flexibility index (Phi) is 17.3. The topological polar surface area (TPSA) is 165 Å². The summed E-state index contributed by atoms with van der Waals surface area (Å²) in [7, 11) is 0. The van der Waals surface area contributed by atoms with Gasteiger partial charge in [-0.25, -0.2) is 0 Å². The lowest BCUT2D eigenvalue weighted by Gasteiger charge is -2.44. The average molecular weight is 895 g/mol. The Balaban J connectivity index is 0.000000248. The van der Waals surface area contributed by atoms with Crippen LogP contribution in [-0.2, 0) is 51.5 Å². The van der Waals surface area contributed by atoms with Gasteiger partial charge in [-0.2, -0.15) is 13.2 Å². The number of carboxylic acids is 4. The summed E-state index contributed by atoms with van der Waals surface area (Å²) in [6.45, 7) is 4.19. The minimum atomic E-state index is -4.46. The highest BCUT2D eigenvalue weighted by Crippen LogP contribution is 2.43. The van der Waals surface area contributed by atoms with Gasteiger partial charge in [0.05, 0.1) is 0 Å². The molecular formula is C48H57F3N2O9S. The first-order valence-corrected chi connectivity index (χ1v) is 22.3. The Morgan fingerprint density at radius 2 is 1.14 bits per heavy atom. The van der Waals surface area contributed by atoms with Gasteiger partial charge in [0.15, 0.2) is 10.8 Å². The van der Waals surface area contributed by atoms with Crippen LogP contribution in [0, 0.1) is 10.8 Å². The minimum absolute atomic E-state index is 0.00148. The third-order valence-corrected chi connectivity index (χ3v) is 13.1. The molecule has 15 heteroatoms. The van der Waals surface area contributed by atoms with Crippen LogP contribution in [0.2, 0.25) is 0 Å². The summed E-state index contributed by atoms with van der Waals surface area (Å²) in [5, 5.41) is 37.0. The first-order valence-electron chi connectivity index (χ1n) is 21.5. The number of carbonyl (C=O) groups is 4. The van der Waals surface area contributed by atoms with Gasteiger partial charge >= 0.3 is 30.1 Å². The van der Waals surface area contributed by atoms with Crippen molar-refractivity contribution < 1.29 is 57.5 Å². The number of piperidine rings is 1. The van der Waals surface area contributed by atoms with E-state index in [1.165, 1.54) is 63.0 Å². The molecule has 4 aromatic rings. The van der Waals surface area contributed by atoms with Crippen molar-refractivity contribution in [3.05, 3.63) is 111 Å². The molecule has 0 radical (unpaired) electrons. The zero-order chi connectivity index (χ0) is 45.6. The second-order valence-electron chi connectivity index (χ2n) is 16.6. The molecule has 0 unspecified atom stereocenters. The minimum Gasteiger partial charge on any atom is -0.488 e. The molecule has 63 heavy (non-hydrogen) atoms. The van der Waals surface area contributed by atoms with E-state index in [2.05, 4.69) is 31.2 Å². The van der Waals surface area contributed by atoms with Crippen LogP contribution in [0.1, 0.15) is 97.6 Å². The molecule has 6 rings (SSSR count). The molecule has 4 N–H and O–H groups in total. The number of nitrogens with zero attached hydrogens (tertiary/aromatic N) is 2. The number of thiophene rings is 1. The molecule has 0 bridgehead atoms. The molecule has 3 aromatic carbocycles. The highest BCUT2D eigenvalue weighted by Gasteiger charge is 2.56. The van der Waals surface area contributed by atoms with Gasteiger partial charge in [0.25, 0.3) is 0 Å². The molecule has 0 aliphatic carbocycles. The molecule has 2 fully saturated rings. The molecule has 0 saturated carbocycles. The zero-order valence-electron chi connectivity index (χ0n) is 35.6. The fourth-order valence-electron chi connectivity index (χ4n) is 8.00. The maximum Gasteiger partial charge on any atom is 0.426 e. The lowest BCUT2D eigenvalue weighted by molar-refractivity contribution is -0.178. The molecule has 0 amide bonds. The molecule has 2 aliphatic rings. The Morgan fingerprint density at radius 3 is 1.67 bits per heavy atom. The van der Waals surface area contributed by atoms with Gasteiger partial charge in [-0.3, -0.25) is 29.0 Å². The van der Waals surface area contributed by atoms with E-state index < -0.39 is 45.8 Å². The van der Waals surface area contributed by atoms with E-state index in [0.29, 0.717) is 53.7 Å². The SMILES string of the molecule is CCCCCCCCCCc1ccc(CN2CC(C(=O)O)(C(=O)O)C2)cc1.O=C(O)C1(C(=O)O)CCN(Cc2ccc(OCc3cc(-c4ccccc4)c(C(F)(F)F)s3)cc2)CC1. The van der Waals surface area contributed by atoms with Gasteiger partial charge in [0, 0.05) is 49.7 Å². The quantitative estimate of drug-likeness (QED) is 0.0465. The van der Waals surface area contributed by atoms with Crippen LogP contribution in [0.3, 0.4) is 0 Å². The predicted octanol–water partition coefficient (Wildman–Crippen LogP) is 10.1. The number of unbranched alkanes of at least 4 members (excludes halogenated alkanes) is 7. The summed E-state index contributed by atoms with van der Waals surface area (Å²) in [6.07, 6.45) is 7.28. The van der Waals surface area contributed by atoms with Crippen molar-refractivity contribution in [3.63, 3.8) is 0 Å². The number of aryl methyl sites for hydroxylation is 1. The van der Waals surface area contributed by atoms with Gasteiger partial charge in [-0.1, -0.05) is 119 Å².